The van der Waals surface area contributed by atoms with E-state index in [9.17, 15) is 0 Å². The molecule has 5 heteroatoms. The Morgan fingerprint density at radius 1 is 0.917 bits per heavy atom. The molecule has 0 aromatic heterocycles. The average molecular weight is 439 g/mol. The summed E-state index contributed by atoms with van der Waals surface area (Å²) >= 11 is 0. The Hall–Kier alpha value is -1.76. The topological polar surface area (TPSA) is 45.7 Å². The number of methoxy groups -OCH3 is 1. The van der Waals surface area contributed by atoms with Crippen molar-refractivity contribution in [2.75, 3.05) is 27.2 Å². The highest BCUT2D eigenvalue weighted by molar-refractivity contribution is 14.0. The number of rotatable bonds is 7. The lowest BCUT2D eigenvalue weighted by Gasteiger charge is -2.12. The van der Waals surface area contributed by atoms with Crippen molar-refractivity contribution in [1.82, 2.24) is 10.6 Å². The number of hydrogen-bond donors (Lipinski definition) is 2. The van der Waals surface area contributed by atoms with Crippen LogP contribution in [0.1, 0.15) is 11.1 Å². The molecule has 2 aromatic carbocycles. The Morgan fingerprint density at radius 3 is 2.17 bits per heavy atom. The molecule has 4 nitrogen and oxygen atoms in total. The fourth-order valence-electron chi connectivity index (χ4n) is 2.34. The van der Waals surface area contributed by atoms with Crippen LogP contribution in [0, 0.1) is 0 Å². The quantitative estimate of drug-likeness (QED) is 0.396. The number of aliphatic imine (C=N–C) groups is 1. The normalized spacial score (nSPS) is 10.7. The smallest absolute Gasteiger partial charge is 0.190 e. The highest BCUT2D eigenvalue weighted by Crippen LogP contribution is 2.12. The maximum atomic E-state index is 5.24. The number of halogens is 1. The molecule has 0 aliphatic carbocycles. The fraction of sp³-hybridized carbons (Fsp3) is 0.316. The number of guanidine groups is 1. The van der Waals surface area contributed by atoms with Crippen molar-refractivity contribution in [3.8, 4) is 5.75 Å². The van der Waals surface area contributed by atoms with Gasteiger partial charge in [0.1, 0.15) is 5.75 Å². The number of nitrogens with zero attached hydrogens (tertiary/aromatic N) is 1. The second-order valence-corrected chi connectivity index (χ2v) is 5.26. The molecule has 0 fully saturated rings. The van der Waals surface area contributed by atoms with Gasteiger partial charge < -0.3 is 15.4 Å². The van der Waals surface area contributed by atoms with E-state index < -0.39 is 0 Å². The number of ether oxygens (including phenoxy) is 1. The lowest BCUT2D eigenvalue weighted by molar-refractivity contribution is 0.414. The van der Waals surface area contributed by atoms with Crippen LogP contribution in [-0.4, -0.2) is 33.2 Å². The summed E-state index contributed by atoms with van der Waals surface area (Å²) in [6, 6.07) is 18.6. The third kappa shape index (κ3) is 7.21. The molecule has 2 N–H and O–H groups in total. The number of benzene rings is 2. The van der Waals surface area contributed by atoms with E-state index in [1.165, 1.54) is 11.1 Å². The van der Waals surface area contributed by atoms with E-state index in [1.54, 1.807) is 14.2 Å². The fourth-order valence-corrected chi connectivity index (χ4v) is 2.34. The molecule has 0 aliphatic heterocycles. The highest BCUT2D eigenvalue weighted by atomic mass is 127. The summed E-state index contributed by atoms with van der Waals surface area (Å²) in [6.45, 7) is 1.70. The zero-order chi connectivity index (χ0) is 16.3. The van der Waals surface area contributed by atoms with E-state index in [2.05, 4.69) is 52.0 Å². The molecule has 2 rings (SSSR count). The summed E-state index contributed by atoms with van der Waals surface area (Å²) in [5.74, 6) is 1.73. The van der Waals surface area contributed by atoms with E-state index in [0.29, 0.717) is 0 Å². The van der Waals surface area contributed by atoms with Crippen LogP contribution in [0.4, 0.5) is 0 Å². The Balaban J connectivity index is 0.00000288. The highest BCUT2D eigenvalue weighted by Gasteiger charge is 1.99. The number of hydrogen-bond acceptors (Lipinski definition) is 2. The van der Waals surface area contributed by atoms with Crippen LogP contribution in [-0.2, 0) is 12.8 Å². The first-order chi connectivity index (χ1) is 11.3. The van der Waals surface area contributed by atoms with E-state index in [1.807, 2.05) is 18.2 Å². The Labute approximate surface area is 161 Å². The van der Waals surface area contributed by atoms with Crippen molar-refractivity contribution in [2.24, 2.45) is 4.99 Å². The van der Waals surface area contributed by atoms with Gasteiger partial charge >= 0.3 is 0 Å². The van der Waals surface area contributed by atoms with Gasteiger partial charge in [0.25, 0.3) is 0 Å². The Morgan fingerprint density at radius 2 is 1.54 bits per heavy atom. The minimum atomic E-state index is 0. The predicted octanol–water partition coefficient (Wildman–Crippen LogP) is 3.26. The van der Waals surface area contributed by atoms with E-state index in [-0.39, 0.29) is 24.0 Å². The molecule has 0 radical (unpaired) electrons. The zero-order valence-corrected chi connectivity index (χ0v) is 16.6. The summed E-state index contributed by atoms with van der Waals surface area (Å²) < 4.78 is 5.24. The lowest BCUT2D eigenvalue weighted by Crippen LogP contribution is -2.39. The predicted molar refractivity (Wildman–Crippen MR) is 112 cm³/mol. The first kappa shape index (κ1) is 20.3. The monoisotopic (exact) mass is 439 g/mol. The van der Waals surface area contributed by atoms with Gasteiger partial charge in [-0.3, -0.25) is 4.99 Å². The average Bonchev–Trinajstić information content (AvgIpc) is 2.61. The molecule has 0 amide bonds. The van der Waals surface area contributed by atoms with Crippen molar-refractivity contribution >= 4 is 29.9 Å². The van der Waals surface area contributed by atoms with Gasteiger partial charge in [-0.1, -0.05) is 42.5 Å². The molecule has 0 bridgehead atoms. The molecule has 0 saturated heterocycles. The summed E-state index contributed by atoms with van der Waals surface area (Å²) in [4.78, 5) is 4.25. The molecule has 0 heterocycles. The standard InChI is InChI=1S/C19H25N3O.HI/c1-20-19(21-13-11-16-7-4-3-5-8-16)22-14-12-17-9-6-10-18(15-17)23-2;/h3-10,15H,11-14H2,1-2H3,(H2,20,21,22);1H. The van der Waals surface area contributed by atoms with E-state index in [0.717, 1.165) is 37.6 Å². The van der Waals surface area contributed by atoms with Crippen LogP contribution in [0.3, 0.4) is 0 Å². The third-order valence-corrected chi connectivity index (χ3v) is 3.61. The van der Waals surface area contributed by atoms with Gasteiger partial charge in [-0.25, -0.2) is 0 Å². The first-order valence-corrected chi connectivity index (χ1v) is 7.93. The SMILES string of the molecule is CN=C(NCCc1ccccc1)NCCc1cccc(OC)c1.I. The third-order valence-electron chi connectivity index (χ3n) is 3.61. The van der Waals surface area contributed by atoms with E-state index in [4.69, 9.17) is 4.74 Å². The van der Waals surface area contributed by atoms with Crippen molar-refractivity contribution in [1.29, 1.82) is 0 Å². The van der Waals surface area contributed by atoms with Crippen molar-refractivity contribution in [3.63, 3.8) is 0 Å². The van der Waals surface area contributed by atoms with Gasteiger partial charge in [-0.15, -0.1) is 24.0 Å². The van der Waals surface area contributed by atoms with Gasteiger partial charge in [-0.05, 0) is 36.1 Å². The number of nitrogens with one attached hydrogen (secondary N) is 2. The Kier molecular flexibility index (Phi) is 9.91. The molecule has 2 aromatic rings. The minimum Gasteiger partial charge on any atom is -0.497 e. The van der Waals surface area contributed by atoms with Gasteiger partial charge in [0.2, 0.25) is 0 Å². The van der Waals surface area contributed by atoms with Crippen LogP contribution in [0.5, 0.6) is 5.75 Å². The maximum absolute atomic E-state index is 5.24. The molecular formula is C19H26IN3O. The summed E-state index contributed by atoms with van der Waals surface area (Å²) in [7, 11) is 3.49. The second-order valence-electron chi connectivity index (χ2n) is 5.26. The molecule has 24 heavy (non-hydrogen) atoms. The summed E-state index contributed by atoms with van der Waals surface area (Å²) in [6.07, 6.45) is 1.91. The minimum absolute atomic E-state index is 0. The maximum Gasteiger partial charge on any atom is 0.190 e. The van der Waals surface area contributed by atoms with E-state index >= 15 is 0 Å². The summed E-state index contributed by atoms with van der Waals surface area (Å²) in [5, 5.41) is 6.68. The molecular weight excluding hydrogens is 413 g/mol. The molecule has 0 saturated carbocycles. The zero-order valence-electron chi connectivity index (χ0n) is 14.3. The van der Waals surface area contributed by atoms with Crippen molar-refractivity contribution in [3.05, 3.63) is 65.7 Å². The van der Waals surface area contributed by atoms with Crippen LogP contribution >= 0.6 is 24.0 Å². The molecule has 0 spiro atoms. The first-order valence-electron chi connectivity index (χ1n) is 7.93. The summed E-state index contributed by atoms with van der Waals surface area (Å²) in [5.41, 5.74) is 2.57. The second kappa shape index (κ2) is 11.7. The molecule has 130 valence electrons. The van der Waals surface area contributed by atoms with Gasteiger partial charge in [0.15, 0.2) is 5.96 Å². The van der Waals surface area contributed by atoms with Crippen molar-refractivity contribution < 1.29 is 4.74 Å². The van der Waals surface area contributed by atoms with Crippen LogP contribution < -0.4 is 15.4 Å². The molecule has 0 atom stereocenters. The van der Waals surface area contributed by atoms with Crippen LogP contribution in [0.2, 0.25) is 0 Å². The van der Waals surface area contributed by atoms with Gasteiger partial charge in [0, 0.05) is 20.1 Å². The molecule has 0 aliphatic rings. The Bertz CT molecular complexity index is 617. The van der Waals surface area contributed by atoms with Gasteiger partial charge in [0.05, 0.1) is 7.11 Å². The molecule has 0 unspecified atom stereocenters. The van der Waals surface area contributed by atoms with Crippen LogP contribution in [0.15, 0.2) is 59.6 Å². The lowest BCUT2D eigenvalue weighted by atomic mass is 10.1. The van der Waals surface area contributed by atoms with Crippen molar-refractivity contribution in [2.45, 2.75) is 12.8 Å². The van der Waals surface area contributed by atoms with Crippen LogP contribution in [0.25, 0.3) is 0 Å². The van der Waals surface area contributed by atoms with Gasteiger partial charge in [-0.2, -0.15) is 0 Å². The largest absolute Gasteiger partial charge is 0.497 e.